The molecule has 1 saturated heterocycles. The molecule has 1 aromatic carbocycles. The number of unbranched alkanes of at least 4 members (excludes halogenated alkanes) is 1. The number of H-pyrrole nitrogens is 1. The van der Waals surface area contributed by atoms with Crippen molar-refractivity contribution in [2.45, 2.75) is 38.5 Å². The number of anilines is 1. The lowest BCUT2D eigenvalue weighted by Gasteiger charge is -2.30. The zero-order valence-corrected chi connectivity index (χ0v) is 16.4. The number of amides is 1. The van der Waals surface area contributed by atoms with E-state index in [2.05, 4.69) is 34.4 Å². The number of benzene rings is 1. The number of aromatic amines is 1. The molecule has 0 aliphatic carbocycles. The van der Waals surface area contributed by atoms with Crippen LogP contribution in [0.3, 0.4) is 0 Å². The Morgan fingerprint density at radius 2 is 2.04 bits per heavy atom. The van der Waals surface area contributed by atoms with Gasteiger partial charge in [0.1, 0.15) is 0 Å². The van der Waals surface area contributed by atoms with Crippen LogP contribution < -0.4 is 5.32 Å². The Balaban J connectivity index is 1.60. The number of nitrogens with zero attached hydrogens (tertiary/aromatic N) is 1. The zero-order chi connectivity index (χ0) is 19.1. The number of rotatable bonds is 8. The van der Waals surface area contributed by atoms with E-state index in [4.69, 9.17) is 9.47 Å². The lowest BCUT2D eigenvalue weighted by atomic mass is 9.89. The Labute approximate surface area is 161 Å². The van der Waals surface area contributed by atoms with Gasteiger partial charge in [0.15, 0.2) is 0 Å². The van der Waals surface area contributed by atoms with Gasteiger partial charge < -0.3 is 19.4 Å². The highest BCUT2D eigenvalue weighted by molar-refractivity contribution is 5.91. The summed E-state index contributed by atoms with van der Waals surface area (Å²) < 4.78 is 10.2. The average molecular weight is 373 g/mol. The third-order valence-corrected chi connectivity index (χ3v) is 5.41. The largest absolute Gasteiger partial charge is 0.449 e. The molecule has 27 heavy (non-hydrogen) atoms. The first-order valence-corrected chi connectivity index (χ1v) is 9.97. The van der Waals surface area contributed by atoms with Crippen molar-refractivity contribution in [3.8, 4) is 0 Å². The topological polar surface area (TPSA) is 66.6 Å². The van der Waals surface area contributed by atoms with Crippen LogP contribution in [-0.4, -0.2) is 55.9 Å². The van der Waals surface area contributed by atoms with Crippen molar-refractivity contribution in [3.05, 3.63) is 30.0 Å². The van der Waals surface area contributed by atoms with Gasteiger partial charge in [-0.25, -0.2) is 4.79 Å². The zero-order valence-electron chi connectivity index (χ0n) is 16.4. The number of aromatic nitrogens is 1. The molecule has 148 valence electrons. The van der Waals surface area contributed by atoms with Crippen LogP contribution >= 0.6 is 0 Å². The fourth-order valence-electron chi connectivity index (χ4n) is 3.79. The number of carbonyl (C=O) groups is 1. The average Bonchev–Trinajstić information content (AvgIpc) is 3.11. The fraction of sp³-hybridized carbons (Fsp3) is 0.571. The summed E-state index contributed by atoms with van der Waals surface area (Å²) >= 11 is 0. The van der Waals surface area contributed by atoms with Gasteiger partial charge in [0.05, 0.1) is 6.61 Å². The van der Waals surface area contributed by atoms with Crippen LogP contribution in [0.15, 0.2) is 24.4 Å². The van der Waals surface area contributed by atoms with Crippen molar-refractivity contribution in [2.24, 2.45) is 0 Å². The van der Waals surface area contributed by atoms with Crippen molar-refractivity contribution < 1.29 is 14.3 Å². The van der Waals surface area contributed by atoms with E-state index in [1.807, 2.05) is 12.1 Å². The van der Waals surface area contributed by atoms with Crippen LogP contribution in [0, 0.1) is 0 Å². The Morgan fingerprint density at radius 1 is 1.26 bits per heavy atom. The maximum Gasteiger partial charge on any atom is 0.411 e. The van der Waals surface area contributed by atoms with Crippen LogP contribution in [0.5, 0.6) is 0 Å². The maximum atomic E-state index is 12.0. The molecule has 2 heterocycles. The van der Waals surface area contributed by atoms with E-state index in [-0.39, 0.29) is 0 Å². The Bertz CT molecular complexity index is 735. The molecule has 0 saturated carbocycles. The number of methoxy groups -OCH3 is 1. The SMILES string of the molecule is CCN1CCC(c2c[nH]c3ccc(NC(=O)OCCCCOC)cc23)CC1. The monoisotopic (exact) mass is 373 g/mol. The summed E-state index contributed by atoms with van der Waals surface area (Å²) in [4.78, 5) is 17.9. The van der Waals surface area contributed by atoms with Crippen LogP contribution in [-0.2, 0) is 9.47 Å². The minimum Gasteiger partial charge on any atom is -0.449 e. The predicted molar refractivity (Wildman–Crippen MR) is 108 cm³/mol. The molecule has 1 fully saturated rings. The number of hydrogen-bond acceptors (Lipinski definition) is 4. The van der Waals surface area contributed by atoms with E-state index in [0.29, 0.717) is 19.1 Å². The number of hydrogen-bond donors (Lipinski definition) is 2. The minimum atomic E-state index is -0.403. The Kier molecular flexibility index (Phi) is 7.12. The third kappa shape index (κ3) is 5.23. The van der Waals surface area contributed by atoms with Gasteiger partial charge in [0.2, 0.25) is 0 Å². The first-order valence-electron chi connectivity index (χ1n) is 9.97. The van der Waals surface area contributed by atoms with E-state index < -0.39 is 6.09 Å². The highest BCUT2D eigenvalue weighted by atomic mass is 16.5. The van der Waals surface area contributed by atoms with Gasteiger partial charge in [-0.05, 0) is 75.0 Å². The second-order valence-corrected chi connectivity index (χ2v) is 7.17. The van der Waals surface area contributed by atoms with Crippen molar-refractivity contribution in [2.75, 3.05) is 45.3 Å². The summed E-state index contributed by atoms with van der Waals surface area (Å²) in [6, 6.07) is 5.99. The van der Waals surface area contributed by atoms with E-state index in [9.17, 15) is 4.79 Å². The Morgan fingerprint density at radius 3 is 2.78 bits per heavy atom. The summed E-state index contributed by atoms with van der Waals surface area (Å²) in [5.41, 5.74) is 3.25. The second-order valence-electron chi connectivity index (χ2n) is 7.17. The molecule has 1 amide bonds. The van der Waals surface area contributed by atoms with Gasteiger partial charge in [0.25, 0.3) is 0 Å². The molecule has 1 aliphatic heterocycles. The Hall–Kier alpha value is -2.05. The second kappa shape index (κ2) is 9.76. The lowest BCUT2D eigenvalue weighted by molar-refractivity contribution is 0.148. The number of piperidine rings is 1. The number of ether oxygens (including phenoxy) is 2. The van der Waals surface area contributed by atoms with E-state index in [0.717, 1.165) is 43.7 Å². The molecule has 0 bridgehead atoms. The van der Waals surface area contributed by atoms with Crippen LogP contribution in [0.2, 0.25) is 0 Å². The van der Waals surface area contributed by atoms with Crippen molar-refractivity contribution in [1.82, 2.24) is 9.88 Å². The fourth-order valence-corrected chi connectivity index (χ4v) is 3.79. The number of fused-ring (bicyclic) bond motifs is 1. The van der Waals surface area contributed by atoms with Gasteiger partial charge in [-0.1, -0.05) is 6.92 Å². The summed E-state index contributed by atoms with van der Waals surface area (Å²) in [6.45, 7) is 6.75. The van der Waals surface area contributed by atoms with E-state index in [1.54, 1.807) is 7.11 Å². The molecule has 1 aliphatic rings. The first-order chi connectivity index (χ1) is 13.2. The molecule has 6 nitrogen and oxygen atoms in total. The van der Waals surface area contributed by atoms with Crippen LogP contribution in [0.25, 0.3) is 10.9 Å². The molecule has 1 aromatic heterocycles. The molecule has 2 aromatic rings. The van der Waals surface area contributed by atoms with Gasteiger partial charge in [-0.2, -0.15) is 0 Å². The summed E-state index contributed by atoms with van der Waals surface area (Å²) in [7, 11) is 1.67. The molecule has 3 rings (SSSR count). The minimum absolute atomic E-state index is 0.403. The normalized spacial score (nSPS) is 15.9. The summed E-state index contributed by atoms with van der Waals surface area (Å²) in [6.07, 6.45) is 5.79. The summed E-state index contributed by atoms with van der Waals surface area (Å²) in [5, 5.41) is 4.04. The van der Waals surface area contributed by atoms with Gasteiger partial charge in [-0.15, -0.1) is 0 Å². The molecule has 6 heteroatoms. The lowest BCUT2D eigenvalue weighted by Crippen LogP contribution is -2.32. The van der Waals surface area contributed by atoms with E-state index >= 15 is 0 Å². The molecular weight excluding hydrogens is 342 g/mol. The van der Waals surface area contributed by atoms with Gasteiger partial charge in [0, 0.05) is 36.5 Å². The number of carbonyl (C=O) groups excluding carboxylic acids is 1. The predicted octanol–water partition coefficient (Wildman–Crippen LogP) is 4.34. The van der Waals surface area contributed by atoms with Gasteiger partial charge in [-0.3, -0.25) is 5.32 Å². The van der Waals surface area contributed by atoms with E-state index in [1.165, 1.54) is 23.8 Å². The third-order valence-electron chi connectivity index (χ3n) is 5.41. The van der Waals surface area contributed by atoms with Crippen LogP contribution in [0.4, 0.5) is 10.5 Å². The molecular formula is C21H31N3O3. The van der Waals surface area contributed by atoms with Crippen molar-refractivity contribution >= 4 is 22.7 Å². The van der Waals surface area contributed by atoms with Crippen molar-refractivity contribution in [1.29, 1.82) is 0 Å². The first kappa shape index (κ1) is 19.7. The molecule has 2 N–H and O–H groups in total. The maximum absolute atomic E-state index is 12.0. The molecule has 0 atom stereocenters. The number of nitrogens with one attached hydrogen (secondary N) is 2. The smallest absolute Gasteiger partial charge is 0.411 e. The van der Waals surface area contributed by atoms with Gasteiger partial charge >= 0.3 is 6.09 Å². The number of likely N-dealkylation sites (tertiary alicyclic amines) is 1. The molecule has 0 radical (unpaired) electrons. The quantitative estimate of drug-likeness (QED) is 0.676. The molecule has 0 spiro atoms. The summed E-state index contributed by atoms with van der Waals surface area (Å²) in [5.74, 6) is 0.574. The van der Waals surface area contributed by atoms with Crippen molar-refractivity contribution in [3.63, 3.8) is 0 Å². The standard InChI is InChI=1S/C21H31N3O3/c1-3-24-10-8-16(9-11-24)19-15-22-20-7-6-17(14-18(19)20)23-21(25)27-13-5-4-12-26-2/h6-7,14-16,22H,3-5,8-13H2,1-2H3,(H,23,25). The van der Waals surface area contributed by atoms with Crippen LogP contribution in [0.1, 0.15) is 44.1 Å². The highest BCUT2D eigenvalue weighted by Gasteiger charge is 2.22. The molecule has 0 unspecified atom stereocenters. The highest BCUT2D eigenvalue weighted by Crippen LogP contribution is 2.34.